The van der Waals surface area contributed by atoms with Crippen LogP contribution in [0.15, 0.2) is 48.6 Å². The van der Waals surface area contributed by atoms with Crippen LogP contribution < -0.4 is 5.32 Å². The van der Waals surface area contributed by atoms with Gasteiger partial charge in [0.15, 0.2) is 0 Å². The largest absolute Gasteiger partial charge is 0.394 e. The minimum Gasteiger partial charge on any atom is -0.394 e. The van der Waals surface area contributed by atoms with Gasteiger partial charge >= 0.3 is 0 Å². The Hall–Kier alpha value is -1.73. The maximum Gasteiger partial charge on any atom is 0.249 e. The number of amides is 1. The molecule has 0 aliphatic carbocycles. The highest BCUT2D eigenvalue weighted by molar-refractivity contribution is 5.80. The molecule has 328 valence electrons. The molecule has 0 saturated heterocycles. The van der Waals surface area contributed by atoms with Gasteiger partial charge in [-0.25, -0.2) is 0 Å². The van der Waals surface area contributed by atoms with Crippen LogP contribution in [0.25, 0.3) is 0 Å². The van der Waals surface area contributed by atoms with E-state index in [0.717, 1.165) is 70.6 Å². The second-order valence-electron chi connectivity index (χ2n) is 16.4. The molecule has 0 rings (SSSR count). The molecule has 4 atom stereocenters. The van der Waals surface area contributed by atoms with Gasteiger partial charge in [-0.3, -0.25) is 4.79 Å². The van der Waals surface area contributed by atoms with E-state index in [1.807, 2.05) is 0 Å². The standard InChI is InChI=1S/C50H93NO5/c1-3-5-7-9-11-13-15-16-17-18-19-20-21-22-23-24-25-26-27-28-29-30-31-32-33-34-36-37-39-41-43-47(53)49(55)46(45-52)51-50(56)48(54)44-42-40-38-35-14-12-10-8-6-4-2/h10,12,27-28,31-32,36-37,46-49,52-55H,3-9,11,13-26,29-30,33-35,38-45H2,1-2H3,(H,51,56)/b12-10-,28-27+,32-31+,37-36+. The molecule has 1 amide bonds. The van der Waals surface area contributed by atoms with E-state index >= 15 is 0 Å². The first-order valence-electron chi connectivity index (χ1n) is 24.0. The number of nitrogens with one attached hydrogen (secondary N) is 1. The first kappa shape index (κ1) is 54.3. The number of carbonyl (C=O) groups is 1. The van der Waals surface area contributed by atoms with Crippen LogP contribution in [0.2, 0.25) is 0 Å². The van der Waals surface area contributed by atoms with Crippen LogP contribution in [0.5, 0.6) is 0 Å². The van der Waals surface area contributed by atoms with Crippen LogP contribution in [0.1, 0.15) is 232 Å². The lowest BCUT2D eigenvalue weighted by Crippen LogP contribution is -2.53. The smallest absolute Gasteiger partial charge is 0.249 e. The summed E-state index contributed by atoms with van der Waals surface area (Å²) in [5.74, 6) is -0.613. The zero-order valence-corrected chi connectivity index (χ0v) is 36.9. The molecule has 4 unspecified atom stereocenters. The highest BCUT2D eigenvalue weighted by Crippen LogP contribution is 2.15. The topological polar surface area (TPSA) is 110 Å². The fourth-order valence-corrected chi connectivity index (χ4v) is 7.12. The lowest BCUT2D eigenvalue weighted by molar-refractivity contribution is -0.132. The fraction of sp³-hybridized carbons (Fsp3) is 0.820. The van der Waals surface area contributed by atoms with Gasteiger partial charge in [-0.1, -0.05) is 197 Å². The van der Waals surface area contributed by atoms with Gasteiger partial charge in [0.2, 0.25) is 5.91 Å². The number of hydrogen-bond donors (Lipinski definition) is 5. The van der Waals surface area contributed by atoms with Gasteiger partial charge in [-0.15, -0.1) is 0 Å². The summed E-state index contributed by atoms with van der Waals surface area (Å²) in [5.41, 5.74) is 0. The van der Waals surface area contributed by atoms with E-state index in [0.29, 0.717) is 19.3 Å². The van der Waals surface area contributed by atoms with E-state index in [4.69, 9.17) is 0 Å². The number of aliphatic hydroxyl groups is 4. The third-order valence-electron chi connectivity index (χ3n) is 11.0. The summed E-state index contributed by atoms with van der Waals surface area (Å²) in [6.07, 6.45) is 54.7. The number of allylic oxidation sites excluding steroid dienone is 8. The monoisotopic (exact) mass is 788 g/mol. The average molecular weight is 788 g/mol. The van der Waals surface area contributed by atoms with Gasteiger partial charge in [-0.05, 0) is 83.5 Å². The number of carbonyl (C=O) groups excluding carboxylic acids is 1. The van der Waals surface area contributed by atoms with Crippen molar-refractivity contribution in [1.82, 2.24) is 5.32 Å². The lowest BCUT2D eigenvalue weighted by Gasteiger charge is -2.27. The third kappa shape index (κ3) is 37.8. The Morgan fingerprint density at radius 2 is 0.768 bits per heavy atom. The van der Waals surface area contributed by atoms with E-state index in [1.54, 1.807) is 0 Å². The Balaban J connectivity index is 3.71. The van der Waals surface area contributed by atoms with Gasteiger partial charge in [0, 0.05) is 0 Å². The molecular formula is C50H93NO5. The zero-order valence-electron chi connectivity index (χ0n) is 36.9. The van der Waals surface area contributed by atoms with Crippen molar-refractivity contribution in [2.45, 2.75) is 257 Å². The fourth-order valence-electron chi connectivity index (χ4n) is 7.12. The van der Waals surface area contributed by atoms with Crippen molar-refractivity contribution in [2.24, 2.45) is 0 Å². The molecular weight excluding hydrogens is 695 g/mol. The number of aliphatic hydroxyl groups excluding tert-OH is 4. The van der Waals surface area contributed by atoms with Crippen molar-refractivity contribution in [3.63, 3.8) is 0 Å². The molecule has 0 spiro atoms. The quantitative estimate of drug-likeness (QED) is 0.0312. The average Bonchev–Trinajstić information content (AvgIpc) is 3.20. The first-order valence-corrected chi connectivity index (χ1v) is 24.0. The molecule has 0 aliphatic rings. The second-order valence-corrected chi connectivity index (χ2v) is 16.4. The summed E-state index contributed by atoms with van der Waals surface area (Å²) in [7, 11) is 0. The maximum atomic E-state index is 12.4. The van der Waals surface area contributed by atoms with E-state index in [2.05, 4.69) is 67.8 Å². The summed E-state index contributed by atoms with van der Waals surface area (Å²) in [4.78, 5) is 12.4. The Kier molecular flexibility index (Phi) is 43.0. The summed E-state index contributed by atoms with van der Waals surface area (Å²) in [5, 5.41) is 43.5. The maximum absolute atomic E-state index is 12.4. The summed E-state index contributed by atoms with van der Waals surface area (Å²) >= 11 is 0. The summed E-state index contributed by atoms with van der Waals surface area (Å²) < 4.78 is 0. The number of hydrogen-bond acceptors (Lipinski definition) is 5. The van der Waals surface area contributed by atoms with E-state index in [-0.39, 0.29) is 0 Å². The number of unbranched alkanes of at least 4 members (excludes halogenated alkanes) is 26. The van der Waals surface area contributed by atoms with Crippen LogP contribution in [-0.4, -0.2) is 57.3 Å². The molecule has 0 heterocycles. The van der Waals surface area contributed by atoms with Crippen LogP contribution in [-0.2, 0) is 4.79 Å². The van der Waals surface area contributed by atoms with E-state index < -0.39 is 36.9 Å². The van der Waals surface area contributed by atoms with Crippen molar-refractivity contribution in [3.05, 3.63) is 48.6 Å². The highest BCUT2D eigenvalue weighted by atomic mass is 16.3. The van der Waals surface area contributed by atoms with E-state index in [9.17, 15) is 25.2 Å². The molecule has 6 nitrogen and oxygen atoms in total. The van der Waals surface area contributed by atoms with Gasteiger partial charge in [0.1, 0.15) is 12.2 Å². The molecule has 0 aromatic rings. The Morgan fingerprint density at radius 3 is 1.18 bits per heavy atom. The minimum absolute atomic E-state index is 0.341. The lowest BCUT2D eigenvalue weighted by atomic mass is 10.00. The normalized spacial score (nSPS) is 14.5. The summed E-state index contributed by atoms with van der Waals surface area (Å²) in [6, 6.07) is -1.02. The van der Waals surface area contributed by atoms with Crippen LogP contribution in [0.4, 0.5) is 0 Å². The molecule has 0 bridgehead atoms. The Bertz CT molecular complexity index is 930. The van der Waals surface area contributed by atoms with Gasteiger partial charge in [-0.2, -0.15) is 0 Å². The zero-order chi connectivity index (χ0) is 41.0. The van der Waals surface area contributed by atoms with Gasteiger partial charge in [0.05, 0.1) is 18.8 Å². The predicted molar refractivity (Wildman–Crippen MR) is 242 cm³/mol. The Morgan fingerprint density at radius 1 is 0.429 bits per heavy atom. The van der Waals surface area contributed by atoms with Gasteiger partial charge < -0.3 is 25.7 Å². The molecule has 0 saturated carbocycles. The molecule has 0 aromatic carbocycles. The summed E-state index contributed by atoms with van der Waals surface area (Å²) in [6.45, 7) is 3.98. The minimum atomic E-state index is -1.30. The molecule has 0 aromatic heterocycles. The van der Waals surface area contributed by atoms with Crippen molar-refractivity contribution < 1.29 is 25.2 Å². The van der Waals surface area contributed by atoms with Crippen molar-refractivity contribution >= 4 is 5.91 Å². The molecule has 5 N–H and O–H groups in total. The predicted octanol–water partition coefficient (Wildman–Crippen LogP) is 13.1. The molecule has 6 heteroatoms. The van der Waals surface area contributed by atoms with Crippen LogP contribution in [0.3, 0.4) is 0 Å². The van der Waals surface area contributed by atoms with Crippen molar-refractivity contribution in [2.75, 3.05) is 6.61 Å². The van der Waals surface area contributed by atoms with Gasteiger partial charge in [0.25, 0.3) is 0 Å². The molecule has 0 fully saturated rings. The SMILES string of the molecule is CCCC/C=C\CCCCCCC(O)C(=O)NC(CO)C(O)C(O)CCC/C=C/CC/C=C/CC/C=C/CCCCCCCCCCCCCCCCCCC. The third-order valence-corrected chi connectivity index (χ3v) is 11.0. The molecule has 0 aliphatic heterocycles. The van der Waals surface area contributed by atoms with Crippen LogP contribution >= 0.6 is 0 Å². The van der Waals surface area contributed by atoms with E-state index in [1.165, 1.54) is 128 Å². The highest BCUT2D eigenvalue weighted by Gasteiger charge is 2.28. The van der Waals surface area contributed by atoms with Crippen molar-refractivity contribution in [1.29, 1.82) is 0 Å². The Labute approximate surface area is 347 Å². The molecule has 56 heavy (non-hydrogen) atoms. The molecule has 0 radical (unpaired) electrons. The first-order chi connectivity index (χ1) is 27.5. The van der Waals surface area contributed by atoms with Crippen LogP contribution in [0, 0.1) is 0 Å². The second kappa shape index (κ2) is 44.4. The number of rotatable bonds is 43. The van der Waals surface area contributed by atoms with Crippen molar-refractivity contribution in [3.8, 4) is 0 Å².